The third-order valence-electron chi connectivity index (χ3n) is 3.48. The van der Waals surface area contributed by atoms with Crippen molar-refractivity contribution in [1.82, 2.24) is 9.97 Å². The number of nitrogens with one attached hydrogen (secondary N) is 2. The van der Waals surface area contributed by atoms with Crippen LogP contribution in [0.5, 0.6) is 5.75 Å². The second-order valence-electron chi connectivity index (χ2n) is 5.20. The van der Waals surface area contributed by atoms with E-state index < -0.39 is 11.6 Å². The van der Waals surface area contributed by atoms with Crippen molar-refractivity contribution in [2.24, 2.45) is 0 Å². The molecule has 0 aliphatic rings. The Labute approximate surface area is 153 Å². The molecule has 26 heavy (non-hydrogen) atoms. The Bertz CT molecular complexity index is 954. The fraction of sp³-hybridized carbons (Fsp3) is 0.0588. The summed E-state index contributed by atoms with van der Waals surface area (Å²) in [5.74, 6) is -0.487. The maximum Gasteiger partial charge on any atom is 0.159 e. The Hall–Kier alpha value is -3.13. The van der Waals surface area contributed by atoms with Gasteiger partial charge in [0, 0.05) is 11.1 Å². The quantitative estimate of drug-likeness (QED) is 0.607. The molecule has 6 nitrogen and oxygen atoms in total. The molecule has 2 aromatic carbocycles. The van der Waals surface area contributed by atoms with Gasteiger partial charge in [0.25, 0.3) is 0 Å². The number of aromatic nitrogens is 2. The molecule has 134 valence electrons. The van der Waals surface area contributed by atoms with Gasteiger partial charge < -0.3 is 21.1 Å². The lowest BCUT2D eigenvalue weighted by Crippen LogP contribution is -2.06. The molecule has 9 heteroatoms. The van der Waals surface area contributed by atoms with E-state index in [0.717, 1.165) is 12.1 Å². The van der Waals surface area contributed by atoms with Crippen molar-refractivity contribution < 1.29 is 13.5 Å². The first-order valence-corrected chi connectivity index (χ1v) is 7.79. The van der Waals surface area contributed by atoms with E-state index in [1.165, 1.54) is 19.5 Å². The molecule has 0 unspecified atom stereocenters. The smallest absolute Gasteiger partial charge is 0.159 e. The standard InChI is InChI=1S/C17H14ClF2N5O/c1-26-14-5-2-9(18)6-13(14)25-17-15(21)16(22-8-23-17)24-12-4-3-10(19)7-11(12)20/h2-8H,21H2,1H3,(H2,22,23,24,25). The third kappa shape index (κ3) is 3.75. The Kier molecular flexibility index (Phi) is 5.04. The van der Waals surface area contributed by atoms with Crippen LogP contribution >= 0.6 is 11.6 Å². The molecule has 1 heterocycles. The summed E-state index contributed by atoms with van der Waals surface area (Å²) < 4.78 is 32.1. The molecule has 4 N–H and O–H groups in total. The monoisotopic (exact) mass is 377 g/mol. The maximum atomic E-state index is 13.8. The zero-order valence-corrected chi connectivity index (χ0v) is 14.3. The summed E-state index contributed by atoms with van der Waals surface area (Å²) in [5.41, 5.74) is 6.78. The molecule has 0 aliphatic carbocycles. The number of hydrogen-bond donors (Lipinski definition) is 3. The number of halogens is 3. The van der Waals surface area contributed by atoms with E-state index in [-0.39, 0.29) is 23.0 Å². The van der Waals surface area contributed by atoms with E-state index in [1.807, 2.05) is 0 Å². The summed E-state index contributed by atoms with van der Waals surface area (Å²) in [5, 5.41) is 6.22. The highest BCUT2D eigenvalue weighted by atomic mass is 35.5. The van der Waals surface area contributed by atoms with E-state index in [0.29, 0.717) is 16.5 Å². The molecule has 0 bridgehead atoms. The van der Waals surface area contributed by atoms with Gasteiger partial charge in [-0.25, -0.2) is 18.7 Å². The van der Waals surface area contributed by atoms with Crippen LogP contribution in [0.25, 0.3) is 0 Å². The number of rotatable bonds is 5. The molecular formula is C17H14ClF2N5O. The Morgan fingerprint density at radius 2 is 1.69 bits per heavy atom. The summed E-state index contributed by atoms with van der Waals surface area (Å²) in [6.45, 7) is 0. The number of ether oxygens (including phenoxy) is 1. The van der Waals surface area contributed by atoms with Crippen molar-refractivity contribution in [3.05, 3.63) is 59.4 Å². The molecule has 0 radical (unpaired) electrons. The van der Waals surface area contributed by atoms with Crippen molar-refractivity contribution in [1.29, 1.82) is 0 Å². The molecule has 0 amide bonds. The highest BCUT2D eigenvalue weighted by molar-refractivity contribution is 6.31. The van der Waals surface area contributed by atoms with Crippen molar-refractivity contribution in [3.8, 4) is 5.75 Å². The lowest BCUT2D eigenvalue weighted by atomic mass is 10.2. The molecule has 3 aromatic rings. The largest absolute Gasteiger partial charge is 0.495 e. The number of anilines is 5. The van der Waals surface area contributed by atoms with Crippen molar-refractivity contribution in [2.45, 2.75) is 0 Å². The molecule has 0 saturated heterocycles. The predicted molar refractivity (Wildman–Crippen MR) is 97.4 cm³/mol. The average molecular weight is 378 g/mol. The number of benzene rings is 2. The number of methoxy groups -OCH3 is 1. The van der Waals surface area contributed by atoms with Crippen LogP contribution in [0.1, 0.15) is 0 Å². The summed E-state index contributed by atoms with van der Waals surface area (Å²) >= 11 is 6.00. The highest BCUT2D eigenvalue weighted by Crippen LogP contribution is 2.34. The first-order valence-electron chi connectivity index (χ1n) is 7.41. The molecule has 0 fully saturated rings. The van der Waals surface area contributed by atoms with Crippen molar-refractivity contribution >= 4 is 40.3 Å². The Morgan fingerprint density at radius 1 is 1.00 bits per heavy atom. The van der Waals surface area contributed by atoms with Crippen molar-refractivity contribution in [2.75, 3.05) is 23.5 Å². The second-order valence-corrected chi connectivity index (χ2v) is 5.64. The maximum absolute atomic E-state index is 13.8. The average Bonchev–Trinajstić information content (AvgIpc) is 2.61. The predicted octanol–water partition coefficient (Wildman–Crippen LogP) is 4.49. The highest BCUT2D eigenvalue weighted by Gasteiger charge is 2.13. The van der Waals surface area contributed by atoms with Crippen LogP contribution in [0.15, 0.2) is 42.7 Å². The SMILES string of the molecule is COc1ccc(Cl)cc1Nc1ncnc(Nc2ccc(F)cc2F)c1N. The van der Waals surface area contributed by atoms with Crippen LogP contribution in [0.3, 0.4) is 0 Å². The lowest BCUT2D eigenvalue weighted by molar-refractivity contribution is 0.417. The number of nitrogens with zero attached hydrogens (tertiary/aromatic N) is 2. The van der Waals surface area contributed by atoms with Gasteiger partial charge in [0.2, 0.25) is 0 Å². The molecular weight excluding hydrogens is 364 g/mol. The van der Waals surface area contributed by atoms with Gasteiger partial charge in [0.1, 0.15) is 29.4 Å². The Morgan fingerprint density at radius 3 is 2.35 bits per heavy atom. The van der Waals surface area contributed by atoms with Gasteiger partial charge in [0.05, 0.1) is 18.5 Å². The molecule has 0 spiro atoms. The normalized spacial score (nSPS) is 10.5. The van der Waals surface area contributed by atoms with E-state index >= 15 is 0 Å². The van der Waals surface area contributed by atoms with E-state index in [2.05, 4.69) is 20.6 Å². The minimum atomic E-state index is -0.769. The number of nitrogen functional groups attached to an aromatic ring is 1. The topological polar surface area (TPSA) is 85.1 Å². The summed E-state index contributed by atoms with van der Waals surface area (Å²) in [7, 11) is 1.52. The summed E-state index contributed by atoms with van der Waals surface area (Å²) in [4.78, 5) is 8.07. The van der Waals surface area contributed by atoms with Crippen molar-refractivity contribution in [3.63, 3.8) is 0 Å². The Balaban J connectivity index is 1.91. The van der Waals surface area contributed by atoms with Crippen LogP contribution in [0.2, 0.25) is 5.02 Å². The van der Waals surface area contributed by atoms with Gasteiger partial charge in [-0.2, -0.15) is 0 Å². The molecule has 1 aromatic heterocycles. The van der Waals surface area contributed by atoms with Gasteiger partial charge in [0.15, 0.2) is 11.6 Å². The number of nitrogens with two attached hydrogens (primary N) is 1. The first kappa shape index (κ1) is 17.7. The molecule has 0 atom stereocenters. The fourth-order valence-corrected chi connectivity index (χ4v) is 2.39. The summed E-state index contributed by atoms with van der Waals surface area (Å²) in [6.07, 6.45) is 1.25. The van der Waals surface area contributed by atoms with Gasteiger partial charge in [-0.05, 0) is 30.3 Å². The van der Waals surface area contributed by atoms with E-state index in [1.54, 1.807) is 18.2 Å². The van der Waals surface area contributed by atoms with Gasteiger partial charge in [-0.15, -0.1) is 0 Å². The minimum absolute atomic E-state index is 0.0306. The number of hydrogen-bond acceptors (Lipinski definition) is 6. The summed E-state index contributed by atoms with van der Waals surface area (Å²) in [6, 6.07) is 8.15. The van der Waals surface area contributed by atoms with Crippen LogP contribution < -0.4 is 21.1 Å². The van der Waals surface area contributed by atoms with Crippen LogP contribution in [0.4, 0.5) is 37.5 Å². The molecule has 0 aliphatic heterocycles. The van der Waals surface area contributed by atoms with Gasteiger partial charge >= 0.3 is 0 Å². The zero-order valence-electron chi connectivity index (χ0n) is 13.6. The van der Waals surface area contributed by atoms with E-state index in [9.17, 15) is 8.78 Å². The van der Waals surface area contributed by atoms with Gasteiger partial charge in [-0.1, -0.05) is 11.6 Å². The van der Waals surface area contributed by atoms with E-state index in [4.69, 9.17) is 22.1 Å². The zero-order chi connectivity index (χ0) is 18.7. The minimum Gasteiger partial charge on any atom is -0.495 e. The molecule has 0 saturated carbocycles. The molecule has 3 rings (SSSR count). The third-order valence-corrected chi connectivity index (χ3v) is 3.72. The fourth-order valence-electron chi connectivity index (χ4n) is 2.22. The van der Waals surface area contributed by atoms with Gasteiger partial charge in [-0.3, -0.25) is 0 Å². The first-order chi connectivity index (χ1) is 12.5. The second kappa shape index (κ2) is 7.40. The van der Waals surface area contributed by atoms with Crippen LogP contribution in [0, 0.1) is 11.6 Å². The lowest BCUT2D eigenvalue weighted by Gasteiger charge is -2.15. The van der Waals surface area contributed by atoms with Crippen LogP contribution in [-0.2, 0) is 0 Å². The van der Waals surface area contributed by atoms with Crippen LogP contribution in [-0.4, -0.2) is 17.1 Å².